The molecule has 0 atom stereocenters. The van der Waals surface area contributed by atoms with Crippen LogP contribution in [0.4, 0.5) is 0 Å². The maximum absolute atomic E-state index is 5.92. The molecule has 0 N–H and O–H groups in total. The predicted molar refractivity (Wildman–Crippen MR) is 49.8 cm³/mol. The molecule has 11 heavy (non-hydrogen) atoms. The van der Waals surface area contributed by atoms with Crippen LogP contribution in [0.2, 0.25) is 0 Å². The van der Waals surface area contributed by atoms with Crippen molar-refractivity contribution >= 4 is 0 Å². The summed E-state index contributed by atoms with van der Waals surface area (Å²) in [5, 5.41) is 0. The second-order valence-electron chi connectivity index (χ2n) is 4.37. The number of rotatable bonds is 3. The molecule has 0 aliphatic carbocycles. The minimum Gasteiger partial charge on any atom is -0.370 e. The summed E-state index contributed by atoms with van der Waals surface area (Å²) in [7, 11) is 0. The van der Waals surface area contributed by atoms with E-state index < -0.39 is 0 Å². The molecule has 0 bridgehead atoms. The molecule has 0 fully saturated rings. The van der Waals surface area contributed by atoms with Crippen LogP contribution in [0.25, 0.3) is 0 Å². The van der Waals surface area contributed by atoms with Gasteiger partial charge in [0.1, 0.15) is 0 Å². The Labute approximate surface area is 71.1 Å². The van der Waals surface area contributed by atoms with Gasteiger partial charge in [-0.3, -0.25) is 0 Å². The normalized spacial score (nSPS) is 13.6. The van der Waals surface area contributed by atoms with Crippen LogP contribution in [0.5, 0.6) is 0 Å². The standard InChI is InChI=1S/C10H22O/c1-7-10(6,8-2)11-9(3,4)5/h7-8H2,1-6H3. The fourth-order valence-corrected chi connectivity index (χ4v) is 1.13. The molecule has 0 amide bonds. The van der Waals surface area contributed by atoms with Gasteiger partial charge in [-0.1, -0.05) is 13.8 Å². The van der Waals surface area contributed by atoms with E-state index in [-0.39, 0.29) is 11.2 Å². The first-order chi connectivity index (χ1) is 4.83. The Hall–Kier alpha value is -0.0400. The van der Waals surface area contributed by atoms with E-state index in [0.717, 1.165) is 12.8 Å². The molecule has 0 aliphatic heterocycles. The van der Waals surface area contributed by atoms with Gasteiger partial charge in [-0.15, -0.1) is 0 Å². The van der Waals surface area contributed by atoms with Crippen molar-refractivity contribution < 1.29 is 4.74 Å². The Morgan fingerprint density at radius 1 is 0.909 bits per heavy atom. The molecule has 0 spiro atoms. The van der Waals surface area contributed by atoms with Crippen LogP contribution in [0.1, 0.15) is 54.4 Å². The third-order valence-corrected chi connectivity index (χ3v) is 2.05. The highest BCUT2D eigenvalue weighted by atomic mass is 16.5. The lowest BCUT2D eigenvalue weighted by molar-refractivity contribution is -0.125. The highest BCUT2D eigenvalue weighted by Crippen LogP contribution is 2.25. The molecule has 0 heterocycles. The number of ether oxygens (including phenoxy) is 1. The summed E-state index contributed by atoms with van der Waals surface area (Å²) >= 11 is 0. The topological polar surface area (TPSA) is 9.23 Å². The van der Waals surface area contributed by atoms with Crippen LogP contribution in [0.15, 0.2) is 0 Å². The second-order valence-corrected chi connectivity index (χ2v) is 4.37. The van der Waals surface area contributed by atoms with Crippen LogP contribution in [0.3, 0.4) is 0 Å². The highest BCUT2D eigenvalue weighted by Gasteiger charge is 2.26. The van der Waals surface area contributed by atoms with E-state index in [2.05, 4.69) is 41.5 Å². The largest absolute Gasteiger partial charge is 0.370 e. The quantitative estimate of drug-likeness (QED) is 0.612. The Bertz CT molecular complexity index is 107. The lowest BCUT2D eigenvalue weighted by Crippen LogP contribution is -2.36. The maximum atomic E-state index is 5.92. The SMILES string of the molecule is CCC(C)(CC)OC(C)(C)C. The molecule has 0 aromatic heterocycles. The monoisotopic (exact) mass is 158 g/mol. The van der Waals surface area contributed by atoms with Gasteiger partial charge in [0.05, 0.1) is 11.2 Å². The van der Waals surface area contributed by atoms with Crippen molar-refractivity contribution in [2.24, 2.45) is 0 Å². The summed E-state index contributed by atoms with van der Waals surface area (Å²) in [5.74, 6) is 0. The molecule has 0 radical (unpaired) electrons. The number of hydrogen-bond donors (Lipinski definition) is 0. The van der Waals surface area contributed by atoms with Crippen LogP contribution in [0, 0.1) is 0 Å². The molecular formula is C10H22O. The third kappa shape index (κ3) is 4.41. The molecule has 0 unspecified atom stereocenters. The van der Waals surface area contributed by atoms with E-state index in [0.29, 0.717) is 0 Å². The van der Waals surface area contributed by atoms with Gasteiger partial charge in [0.25, 0.3) is 0 Å². The molecule has 0 saturated heterocycles. The third-order valence-electron chi connectivity index (χ3n) is 2.05. The molecular weight excluding hydrogens is 136 g/mol. The van der Waals surface area contributed by atoms with Crippen LogP contribution in [-0.2, 0) is 4.74 Å². The van der Waals surface area contributed by atoms with E-state index in [1.54, 1.807) is 0 Å². The van der Waals surface area contributed by atoms with E-state index in [9.17, 15) is 0 Å². The van der Waals surface area contributed by atoms with Gasteiger partial charge >= 0.3 is 0 Å². The fourth-order valence-electron chi connectivity index (χ4n) is 1.13. The van der Waals surface area contributed by atoms with Gasteiger partial charge in [0.2, 0.25) is 0 Å². The lowest BCUT2D eigenvalue weighted by atomic mass is 9.98. The van der Waals surface area contributed by atoms with Crippen LogP contribution >= 0.6 is 0 Å². The molecule has 0 aromatic carbocycles. The zero-order valence-corrected chi connectivity index (χ0v) is 8.82. The molecule has 0 aromatic rings. The zero-order valence-electron chi connectivity index (χ0n) is 8.82. The van der Waals surface area contributed by atoms with Gasteiger partial charge in [-0.2, -0.15) is 0 Å². The predicted octanol–water partition coefficient (Wildman–Crippen LogP) is 3.38. The summed E-state index contributed by atoms with van der Waals surface area (Å²) in [5.41, 5.74) is 0.0546. The Morgan fingerprint density at radius 3 is 1.36 bits per heavy atom. The summed E-state index contributed by atoms with van der Waals surface area (Å²) < 4.78 is 5.92. The van der Waals surface area contributed by atoms with Crippen molar-refractivity contribution in [1.82, 2.24) is 0 Å². The lowest BCUT2D eigenvalue weighted by Gasteiger charge is -2.35. The number of hydrogen-bond acceptors (Lipinski definition) is 1. The zero-order chi connectivity index (χ0) is 9.12. The Morgan fingerprint density at radius 2 is 1.27 bits per heavy atom. The first-order valence-corrected chi connectivity index (χ1v) is 4.53. The summed E-state index contributed by atoms with van der Waals surface area (Å²) in [6.07, 6.45) is 2.17. The Kier molecular flexibility index (Phi) is 3.56. The summed E-state index contributed by atoms with van der Waals surface area (Å²) in [6, 6.07) is 0. The summed E-state index contributed by atoms with van der Waals surface area (Å²) in [4.78, 5) is 0. The van der Waals surface area contributed by atoms with Crippen LogP contribution < -0.4 is 0 Å². The van der Waals surface area contributed by atoms with E-state index in [1.165, 1.54) is 0 Å². The first kappa shape index (κ1) is 11.0. The average molecular weight is 158 g/mol. The van der Waals surface area contributed by atoms with Crippen molar-refractivity contribution in [1.29, 1.82) is 0 Å². The van der Waals surface area contributed by atoms with E-state index in [1.807, 2.05) is 0 Å². The van der Waals surface area contributed by atoms with Crippen molar-refractivity contribution in [3.63, 3.8) is 0 Å². The van der Waals surface area contributed by atoms with Crippen molar-refractivity contribution in [2.45, 2.75) is 65.6 Å². The van der Waals surface area contributed by atoms with Crippen LogP contribution in [-0.4, -0.2) is 11.2 Å². The van der Waals surface area contributed by atoms with Crippen molar-refractivity contribution in [2.75, 3.05) is 0 Å². The van der Waals surface area contributed by atoms with Crippen molar-refractivity contribution in [3.8, 4) is 0 Å². The molecule has 1 heteroatoms. The minimum absolute atomic E-state index is 0.0131. The molecule has 0 rings (SSSR count). The van der Waals surface area contributed by atoms with Gasteiger partial charge in [-0.05, 0) is 40.5 Å². The van der Waals surface area contributed by atoms with Crippen molar-refractivity contribution in [3.05, 3.63) is 0 Å². The molecule has 0 saturated carbocycles. The first-order valence-electron chi connectivity index (χ1n) is 4.53. The van der Waals surface area contributed by atoms with Gasteiger partial charge in [-0.25, -0.2) is 0 Å². The second kappa shape index (κ2) is 3.57. The molecule has 0 aliphatic rings. The van der Waals surface area contributed by atoms with E-state index >= 15 is 0 Å². The summed E-state index contributed by atoms with van der Waals surface area (Å²) in [6.45, 7) is 12.9. The smallest absolute Gasteiger partial charge is 0.0656 e. The average Bonchev–Trinajstić information content (AvgIpc) is 1.84. The van der Waals surface area contributed by atoms with Gasteiger partial charge in [0, 0.05) is 0 Å². The molecule has 1 nitrogen and oxygen atoms in total. The van der Waals surface area contributed by atoms with Gasteiger partial charge in [0.15, 0.2) is 0 Å². The minimum atomic E-state index is -0.0131. The highest BCUT2D eigenvalue weighted by molar-refractivity contribution is 4.75. The fraction of sp³-hybridized carbons (Fsp3) is 1.00. The van der Waals surface area contributed by atoms with E-state index in [4.69, 9.17) is 4.74 Å². The maximum Gasteiger partial charge on any atom is 0.0656 e. The Balaban J connectivity index is 4.08. The van der Waals surface area contributed by atoms with Gasteiger partial charge < -0.3 is 4.74 Å². The molecule has 68 valence electrons.